The Balaban J connectivity index is 0.00000420. The van der Waals surface area contributed by atoms with Crippen LogP contribution >= 0.6 is 24.0 Å². The van der Waals surface area contributed by atoms with Gasteiger partial charge in [-0.2, -0.15) is 13.2 Å². The SMILES string of the molecule is CN=C(NCc1ccc(OCC(F)(F)F)c(OC)c1)NC(C)c1ccccc1.I. The third-order valence-electron chi connectivity index (χ3n) is 3.96. The Morgan fingerprint density at radius 2 is 1.79 bits per heavy atom. The lowest BCUT2D eigenvalue weighted by molar-refractivity contribution is -0.153. The van der Waals surface area contributed by atoms with Crippen molar-refractivity contribution in [2.45, 2.75) is 25.7 Å². The number of rotatable bonds is 7. The monoisotopic (exact) mass is 523 g/mol. The summed E-state index contributed by atoms with van der Waals surface area (Å²) in [5.41, 5.74) is 1.94. The van der Waals surface area contributed by atoms with Crippen LogP contribution in [0.3, 0.4) is 0 Å². The van der Waals surface area contributed by atoms with E-state index < -0.39 is 12.8 Å². The summed E-state index contributed by atoms with van der Waals surface area (Å²) in [5, 5.41) is 6.46. The number of guanidine groups is 1. The summed E-state index contributed by atoms with van der Waals surface area (Å²) < 4.78 is 46.9. The minimum atomic E-state index is -4.40. The molecule has 2 aromatic rings. The van der Waals surface area contributed by atoms with Crippen LogP contribution in [-0.2, 0) is 6.54 Å². The summed E-state index contributed by atoms with van der Waals surface area (Å²) in [4.78, 5) is 4.20. The summed E-state index contributed by atoms with van der Waals surface area (Å²) in [7, 11) is 3.05. The smallest absolute Gasteiger partial charge is 0.422 e. The lowest BCUT2D eigenvalue weighted by Gasteiger charge is -2.19. The molecule has 1 atom stereocenters. The molecule has 0 heterocycles. The minimum absolute atomic E-state index is 0. The van der Waals surface area contributed by atoms with Crippen molar-refractivity contribution in [3.8, 4) is 11.5 Å². The Morgan fingerprint density at radius 3 is 2.38 bits per heavy atom. The second-order valence-electron chi connectivity index (χ2n) is 6.09. The summed E-state index contributed by atoms with van der Waals surface area (Å²) in [6, 6.07) is 14.8. The number of nitrogens with zero attached hydrogens (tertiary/aromatic N) is 1. The van der Waals surface area contributed by atoms with Crippen LogP contribution < -0.4 is 20.1 Å². The molecule has 9 heteroatoms. The molecule has 0 aliphatic heterocycles. The van der Waals surface area contributed by atoms with Crippen LogP contribution in [0.5, 0.6) is 11.5 Å². The average molecular weight is 523 g/mol. The first kappa shape index (κ1) is 24.9. The van der Waals surface area contributed by atoms with Gasteiger partial charge in [0.1, 0.15) is 0 Å². The highest BCUT2D eigenvalue weighted by Crippen LogP contribution is 2.29. The molecule has 0 fully saturated rings. The van der Waals surface area contributed by atoms with Gasteiger partial charge in [-0.25, -0.2) is 0 Å². The lowest BCUT2D eigenvalue weighted by atomic mass is 10.1. The van der Waals surface area contributed by atoms with E-state index in [1.54, 1.807) is 19.2 Å². The van der Waals surface area contributed by atoms with Gasteiger partial charge in [0, 0.05) is 13.6 Å². The zero-order valence-electron chi connectivity index (χ0n) is 16.4. The molecule has 29 heavy (non-hydrogen) atoms. The lowest BCUT2D eigenvalue weighted by Crippen LogP contribution is -2.38. The fourth-order valence-corrected chi connectivity index (χ4v) is 2.51. The largest absolute Gasteiger partial charge is 0.493 e. The first-order valence-corrected chi connectivity index (χ1v) is 8.71. The third kappa shape index (κ3) is 8.38. The fourth-order valence-electron chi connectivity index (χ4n) is 2.51. The normalized spacial score (nSPS) is 12.6. The second-order valence-corrected chi connectivity index (χ2v) is 6.09. The maximum Gasteiger partial charge on any atom is 0.422 e. The molecule has 0 bridgehead atoms. The van der Waals surface area contributed by atoms with Crippen LogP contribution in [0.1, 0.15) is 24.1 Å². The van der Waals surface area contributed by atoms with Gasteiger partial charge in [0.15, 0.2) is 24.1 Å². The number of ether oxygens (including phenoxy) is 2. The zero-order chi connectivity index (χ0) is 20.6. The van der Waals surface area contributed by atoms with Gasteiger partial charge in [-0.05, 0) is 30.2 Å². The van der Waals surface area contributed by atoms with Gasteiger partial charge in [-0.1, -0.05) is 36.4 Å². The van der Waals surface area contributed by atoms with Gasteiger partial charge in [-0.3, -0.25) is 4.99 Å². The van der Waals surface area contributed by atoms with Crippen molar-refractivity contribution in [1.29, 1.82) is 0 Å². The quantitative estimate of drug-likeness (QED) is 0.315. The topological polar surface area (TPSA) is 54.9 Å². The molecule has 1 unspecified atom stereocenters. The summed E-state index contributed by atoms with van der Waals surface area (Å²) in [5.74, 6) is 0.889. The molecule has 0 spiro atoms. The van der Waals surface area contributed by atoms with E-state index in [2.05, 4.69) is 15.6 Å². The predicted octanol–water partition coefficient (Wildman–Crippen LogP) is 4.68. The molecule has 2 rings (SSSR count). The first-order valence-electron chi connectivity index (χ1n) is 8.71. The summed E-state index contributed by atoms with van der Waals surface area (Å²) >= 11 is 0. The van der Waals surface area contributed by atoms with Gasteiger partial charge >= 0.3 is 6.18 Å². The molecule has 2 N–H and O–H groups in total. The highest BCUT2D eigenvalue weighted by Gasteiger charge is 2.29. The number of nitrogens with one attached hydrogen (secondary N) is 2. The van der Waals surface area contributed by atoms with Gasteiger partial charge in [0.2, 0.25) is 0 Å². The highest BCUT2D eigenvalue weighted by atomic mass is 127. The van der Waals surface area contributed by atoms with Crippen LogP contribution in [0.25, 0.3) is 0 Å². The number of methoxy groups -OCH3 is 1. The Kier molecular flexibility index (Phi) is 10.1. The summed E-state index contributed by atoms with van der Waals surface area (Å²) in [6.45, 7) is 1.07. The predicted molar refractivity (Wildman–Crippen MR) is 118 cm³/mol. The second kappa shape index (κ2) is 11.7. The molecular formula is C20H25F3IN3O2. The van der Waals surface area contributed by atoms with Crippen LogP contribution in [0.2, 0.25) is 0 Å². The van der Waals surface area contributed by atoms with E-state index >= 15 is 0 Å². The Hall–Kier alpha value is -2.17. The van der Waals surface area contributed by atoms with Gasteiger partial charge in [0.25, 0.3) is 0 Å². The number of aliphatic imine (C=N–C) groups is 1. The van der Waals surface area contributed by atoms with E-state index in [9.17, 15) is 13.2 Å². The molecule has 0 amide bonds. The van der Waals surface area contributed by atoms with Crippen LogP contribution in [-0.4, -0.2) is 32.9 Å². The van der Waals surface area contributed by atoms with Crippen molar-refractivity contribution < 1.29 is 22.6 Å². The molecule has 2 aromatic carbocycles. The Bertz CT molecular complexity index is 786. The van der Waals surface area contributed by atoms with Crippen molar-refractivity contribution in [2.24, 2.45) is 4.99 Å². The number of halogens is 4. The number of hydrogen-bond donors (Lipinski definition) is 2. The van der Waals surface area contributed by atoms with Crippen LogP contribution in [0.15, 0.2) is 53.5 Å². The average Bonchev–Trinajstić information content (AvgIpc) is 2.69. The molecule has 0 radical (unpaired) electrons. The van der Waals surface area contributed by atoms with E-state index in [0.717, 1.165) is 11.1 Å². The van der Waals surface area contributed by atoms with Crippen molar-refractivity contribution in [3.63, 3.8) is 0 Å². The van der Waals surface area contributed by atoms with Crippen LogP contribution in [0, 0.1) is 0 Å². The maximum absolute atomic E-state index is 12.3. The Labute approximate surface area is 185 Å². The first-order chi connectivity index (χ1) is 13.3. The molecule has 5 nitrogen and oxygen atoms in total. The third-order valence-corrected chi connectivity index (χ3v) is 3.96. The van der Waals surface area contributed by atoms with E-state index in [0.29, 0.717) is 12.5 Å². The molecule has 160 valence electrons. The van der Waals surface area contributed by atoms with E-state index in [-0.39, 0.29) is 41.5 Å². The molecule has 0 aromatic heterocycles. The van der Waals surface area contributed by atoms with E-state index in [4.69, 9.17) is 9.47 Å². The van der Waals surface area contributed by atoms with Gasteiger partial charge in [-0.15, -0.1) is 24.0 Å². The number of hydrogen-bond acceptors (Lipinski definition) is 3. The number of benzene rings is 2. The van der Waals surface area contributed by atoms with Crippen molar-refractivity contribution >= 4 is 29.9 Å². The molecule has 0 aliphatic carbocycles. The van der Waals surface area contributed by atoms with Gasteiger partial charge < -0.3 is 20.1 Å². The van der Waals surface area contributed by atoms with Crippen molar-refractivity contribution in [2.75, 3.05) is 20.8 Å². The van der Waals surface area contributed by atoms with Crippen LogP contribution in [0.4, 0.5) is 13.2 Å². The van der Waals surface area contributed by atoms with Crippen molar-refractivity contribution in [3.05, 3.63) is 59.7 Å². The summed E-state index contributed by atoms with van der Waals surface area (Å²) in [6.07, 6.45) is -4.40. The molecular weight excluding hydrogens is 498 g/mol. The van der Waals surface area contributed by atoms with Gasteiger partial charge in [0.05, 0.1) is 13.2 Å². The zero-order valence-corrected chi connectivity index (χ0v) is 18.7. The van der Waals surface area contributed by atoms with E-state index in [1.165, 1.54) is 13.2 Å². The number of alkyl halides is 3. The molecule has 0 aliphatic rings. The highest BCUT2D eigenvalue weighted by molar-refractivity contribution is 14.0. The maximum atomic E-state index is 12.3. The fraction of sp³-hybridized carbons (Fsp3) is 0.350. The Morgan fingerprint density at radius 1 is 1.10 bits per heavy atom. The standard InChI is InChI=1S/C20H24F3N3O2.HI/c1-14(16-7-5-4-6-8-16)26-19(24-2)25-12-15-9-10-17(18(11-15)27-3)28-13-20(21,22)23;/h4-11,14H,12-13H2,1-3H3,(H2,24,25,26);1H. The molecule has 0 saturated carbocycles. The minimum Gasteiger partial charge on any atom is -0.493 e. The van der Waals surface area contributed by atoms with E-state index in [1.807, 2.05) is 37.3 Å². The van der Waals surface area contributed by atoms with Crippen molar-refractivity contribution in [1.82, 2.24) is 10.6 Å². The molecule has 0 saturated heterocycles.